The maximum absolute atomic E-state index is 13.9. The summed E-state index contributed by atoms with van der Waals surface area (Å²) in [5, 5.41) is 0. The highest BCUT2D eigenvalue weighted by Crippen LogP contribution is 2.30. The molecular formula is C15H18BrClFN3. The number of nitrogens with zero attached hydrogens (tertiary/aromatic N) is 3. The number of imidazole rings is 1. The average Bonchev–Trinajstić information content (AvgIpc) is 2.77. The van der Waals surface area contributed by atoms with Crippen molar-refractivity contribution in [3.63, 3.8) is 0 Å². The van der Waals surface area contributed by atoms with E-state index in [9.17, 15) is 4.39 Å². The Balaban J connectivity index is 2.12. The fraction of sp³-hybridized carbons (Fsp3) is 0.533. The van der Waals surface area contributed by atoms with Gasteiger partial charge in [-0.25, -0.2) is 9.37 Å². The molecule has 1 unspecified atom stereocenters. The van der Waals surface area contributed by atoms with E-state index in [0.29, 0.717) is 22.8 Å². The minimum atomic E-state index is -0.245. The van der Waals surface area contributed by atoms with Crippen LogP contribution in [0.1, 0.15) is 24.7 Å². The maximum atomic E-state index is 13.9. The van der Waals surface area contributed by atoms with Crippen LogP contribution in [0.2, 0.25) is 0 Å². The van der Waals surface area contributed by atoms with Gasteiger partial charge in [-0.1, -0.05) is 0 Å². The van der Waals surface area contributed by atoms with E-state index >= 15 is 0 Å². The normalized spacial score (nSPS) is 20.3. The standard InChI is InChI=1S/C15H18BrClFN3/c1-20-6-2-3-10(9-20)21-14-8-12(18)11(16)7-13(14)19-15(21)4-5-17/h7-8,10H,2-6,9H2,1H3. The van der Waals surface area contributed by atoms with Gasteiger partial charge in [-0.3, -0.25) is 0 Å². The topological polar surface area (TPSA) is 21.1 Å². The molecule has 0 N–H and O–H groups in total. The number of halogens is 3. The third kappa shape index (κ3) is 2.96. The number of aryl methyl sites for hydroxylation is 1. The summed E-state index contributed by atoms with van der Waals surface area (Å²) in [7, 11) is 2.13. The molecule has 0 spiro atoms. The van der Waals surface area contributed by atoms with Crippen molar-refractivity contribution < 1.29 is 4.39 Å². The van der Waals surface area contributed by atoms with Crippen molar-refractivity contribution in [1.82, 2.24) is 14.5 Å². The van der Waals surface area contributed by atoms with Crippen LogP contribution >= 0.6 is 27.5 Å². The molecule has 0 aliphatic carbocycles. The van der Waals surface area contributed by atoms with Crippen LogP contribution in [0, 0.1) is 5.82 Å². The van der Waals surface area contributed by atoms with Gasteiger partial charge in [0.05, 0.1) is 15.5 Å². The van der Waals surface area contributed by atoms with Crippen molar-refractivity contribution in [2.45, 2.75) is 25.3 Å². The molecule has 1 aromatic carbocycles. The smallest absolute Gasteiger partial charge is 0.139 e. The van der Waals surface area contributed by atoms with Gasteiger partial charge in [-0.15, -0.1) is 11.6 Å². The van der Waals surface area contributed by atoms with Crippen molar-refractivity contribution in [3.05, 3.63) is 28.2 Å². The van der Waals surface area contributed by atoms with Crippen molar-refractivity contribution in [1.29, 1.82) is 0 Å². The summed E-state index contributed by atoms with van der Waals surface area (Å²) >= 11 is 9.15. The molecule has 0 saturated carbocycles. The highest BCUT2D eigenvalue weighted by molar-refractivity contribution is 9.10. The molecule has 3 nitrogen and oxygen atoms in total. The minimum Gasteiger partial charge on any atom is -0.323 e. The minimum absolute atomic E-state index is 0.245. The highest BCUT2D eigenvalue weighted by Gasteiger charge is 2.24. The molecule has 1 fully saturated rings. The Morgan fingerprint density at radius 3 is 3.00 bits per heavy atom. The fourth-order valence-electron chi connectivity index (χ4n) is 3.16. The zero-order valence-electron chi connectivity index (χ0n) is 12.0. The number of hydrogen-bond donors (Lipinski definition) is 0. The Hall–Kier alpha value is -0.650. The van der Waals surface area contributed by atoms with Crippen LogP contribution in [0.15, 0.2) is 16.6 Å². The van der Waals surface area contributed by atoms with Gasteiger partial charge in [-0.05, 0) is 48.4 Å². The largest absolute Gasteiger partial charge is 0.323 e. The SMILES string of the molecule is CN1CCCC(n2c(CCCl)nc3cc(Br)c(F)cc32)C1. The van der Waals surface area contributed by atoms with Gasteiger partial charge in [0, 0.05) is 31.0 Å². The summed E-state index contributed by atoms with van der Waals surface area (Å²) in [5.41, 5.74) is 1.70. The number of likely N-dealkylation sites (N-methyl/N-ethyl adjacent to an activating group) is 1. The molecule has 2 aromatic rings. The highest BCUT2D eigenvalue weighted by atomic mass is 79.9. The predicted molar refractivity (Wildman–Crippen MR) is 87.6 cm³/mol. The van der Waals surface area contributed by atoms with E-state index in [-0.39, 0.29) is 5.82 Å². The van der Waals surface area contributed by atoms with Gasteiger partial charge < -0.3 is 9.47 Å². The van der Waals surface area contributed by atoms with E-state index in [1.54, 1.807) is 12.1 Å². The molecule has 1 aliphatic heterocycles. The molecular weight excluding hydrogens is 357 g/mol. The molecule has 6 heteroatoms. The van der Waals surface area contributed by atoms with Crippen molar-refractivity contribution in [2.75, 3.05) is 26.0 Å². The first-order valence-electron chi connectivity index (χ1n) is 7.20. The van der Waals surface area contributed by atoms with Crippen LogP contribution in [-0.2, 0) is 6.42 Å². The van der Waals surface area contributed by atoms with Crippen LogP contribution in [0.4, 0.5) is 4.39 Å². The third-order valence-corrected chi connectivity index (χ3v) is 4.88. The Morgan fingerprint density at radius 2 is 2.29 bits per heavy atom. The molecule has 2 heterocycles. The molecule has 0 radical (unpaired) electrons. The van der Waals surface area contributed by atoms with Crippen LogP contribution in [0.25, 0.3) is 11.0 Å². The summed E-state index contributed by atoms with van der Waals surface area (Å²) in [4.78, 5) is 6.99. The molecule has 114 valence electrons. The van der Waals surface area contributed by atoms with E-state index in [1.165, 1.54) is 0 Å². The van der Waals surface area contributed by atoms with Gasteiger partial charge in [0.2, 0.25) is 0 Å². The van der Waals surface area contributed by atoms with E-state index in [0.717, 1.165) is 42.8 Å². The van der Waals surface area contributed by atoms with E-state index in [1.807, 2.05) is 0 Å². The molecule has 0 amide bonds. The lowest BCUT2D eigenvalue weighted by Gasteiger charge is -2.32. The second-order valence-corrected chi connectivity index (χ2v) is 6.88. The summed E-state index contributed by atoms with van der Waals surface area (Å²) in [5.74, 6) is 1.23. The van der Waals surface area contributed by atoms with E-state index < -0.39 is 0 Å². The molecule has 1 aliphatic rings. The first kappa shape index (κ1) is 15.3. The number of hydrogen-bond acceptors (Lipinski definition) is 2. The molecule has 21 heavy (non-hydrogen) atoms. The number of piperidine rings is 1. The fourth-order valence-corrected chi connectivity index (χ4v) is 3.66. The summed E-state index contributed by atoms with van der Waals surface area (Å²) in [6.45, 7) is 2.09. The van der Waals surface area contributed by atoms with E-state index in [2.05, 4.69) is 37.4 Å². The summed E-state index contributed by atoms with van der Waals surface area (Å²) in [6, 6.07) is 3.68. The molecule has 1 atom stereocenters. The van der Waals surface area contributed by atoms with Gasteiger partial charge in [0.1, 0.15) is 11.6 Å². The third-order valence-electron chi connectivity index (χ3n) is 4.09. The zero-order chi connectivity index (χ0) is 15.0. The second kappa shape index (κ2) is 6.23. The van der Waals surface area contributed by atoms with Crippen LogP contribution in [-0.4, -0.2) is 40.5 Å². The first-order valence-corrected chi connectivity index (χ1v) is 8.53. The number of alkyl halides is 1. The lowest BCUT2D eigenvalue weighted by Crippen LogP contribution is -2.34. The van der Waals surface area contributed by atoms with Gasteiger partial charge in [0.25, 0.3) is 0 Å². The lowest BCUT2D eigenvalue weighted by atomic mass is 10.1. The van der Waals surface area contributed by atoms with Crippen LogP contribution < -0.4 is 0 Å². The maximum Gasteiger partial charge on any atom is 0.139 e. The molecule has 3 rings (SSSR count). The number of fused-ring (bicyclic) bond motifs is 1. The summed E-state index contributed by atoms with van der Waals surface area (Å²) < 4.78 is 16.6. The number of benzene rings is 1. The molecule has 1 aromatic heterocycles. The number of aromatic nitrogens is 2. The van der Waals surface area contributed by atoms with Gasteiger partial charge in [0.15, 0.2) is 0 Å². The molecule has 0 bridgehead atoms. The Morgan fingerprint density at radius 1 is 1.48 bits per heavy atom. The zero-order valence-corrected chi connectivity index (χ0v) is 14.3. The second-order valence-electron chi connectivity index (χ2n) is 5.65. The first-order chi connectivity index (χ1) is 10.1. The quantitative estimate of drug-likeness (QED) is 0.758. The molecule has 1 saturated heterocycles. The average molecular weight is 375 g/mol. The Kier molecular flexibility index (Phi) is 4.52. The van der Waals surface area contributed by atoms with Gasteiger partial charge in [-0.2, -0.15) is 0 Å². The Bertz CT molecular complexity index is 658. The lowest BCUT2D eigenvalue weighted by molar-refractivity contribution is 0.212. The van der Waals surface area contributed by atoms with Crippen molar-refractivity contribution in [2.24, 2.45) is 0 Å². The number of likely N-dealkylation sites (tertiary alicyclic amines) is 1. The van der Waals surface area contributed by atoms with Crippen molar-refractivity contribution >= 4 is 38.6 Å². The summed E-state index contributed by atoms with van der Waals surface area (Å²) in [6.07, 6.45) is 2.96. The number of rotatable bonds is 3. The van der Waals surface area contributed by atoms with Crippen LogP contribution in [0.3, 0.4) is 0 Å². The van der Waals surface area contributed by atoms with Crippen molar-refractivity contribution in [3.8, 4) is 0 Å². The monoisotopic (exact) mass is 373 g/mol. The van der Waals surface area contributed by atoms with Gasteiger partial charge >= 0.3 is 0 Å². The van der Waals surface area contributed by atoms with E-state index in [4.69, 9.17) is 11.6 Å². The predicted octanol–water partition coefficient (Wildman–Crippen LogP) is 3.99. The Labute approximate surface area is 137 Å². The van der Waals surface area contributed by atoms with Crippen LogP contribution in [0.5, 0.6) is 0 Å².